The molecule has 0 saturated heterocycles. The average molecular weight is 432 g/mol. The van der Waals surface area contributed by atoms with Crippen LogP contribution in [0.15, 0.2) is 42.6 Å². The monoisotopic (exact) mass is 432 g/mol. The molecule has 0 unspecified atom stereocenters. The number of halogens is 4. The number of carbonyl (C=O) groups is 1. The second kappa shape index (κ2) is 8.49. The Labute approximate surface area is 176 Å². The van der Waals surface area contributed by atoms with Crippen molar-refractivity contribution in [3.05, 3.63) is 82.2 Å². The van der Waals surface area contributed by atoms with Gasteiger partial charge in [-0.25, -0.2) is 4.39 Å². The van der Waals surface area contributed by atoms with Crippen molar-refractivity contribution in [2.75, 3.05) is 0 Å². The van der Waals surface area contributed by atoms with E-state index in [4.69, 9.17) is 0 Å². The Hall–Kier alpha value is -3.23. The summed E-state index contributed by atoms with van der Waals surface area (Å²) in [5, 5.41) is 6.58. The van der Waals surface area contributed by atoms with Gasteiger partial charge in [0.1, 0.15) is 5.82 Å². The van der Waals surface area contributed by atoms with Crippen molar-refractivity contribution < 1.29 is 22.4 Å². The fourth-order valence-corrected chi connectivity index (χ4v) is 3.78. The van der Waals surface area contributed by atoms with Crippen LogP contribution in [0.5, 0.6) is 0 Å². The molecule has 162 valence electrons. The molecule has 4 rings (SSSR count). The van der Waals surface area contributed by atoms with E-state index >= 15 is 0 Å². The van der Waals surface area contributed by atoms with Gasteiger partial charge in [0.2, 0.25) is 0 Å². The van der Waals surface area contributed by atoms with Gasteiger partial charge in [0.25, 0.3) is 5.91 Å². The smallest absolute Gasteiger partial charge is 0.348 e. The van der Waals surface area contributed by atoms with Crippen molar-refractivity contribution in [2.45, 2.75) is 44.9 Å². The summed E-state index contributed by atoms with van der Waals surface area (Å²) in [6.07, 6.45) is -0.621. The number of pyridine rings is 1. The Kier molecular flexibility index (Phi) is 5.75. The Balaban J connectivity index is 1.50. The molecular weight excluding hydrogens is 412 g/mol. The highest BCUT2D eigenvalue weighted by Crippen LogP contribution is 2.36. The average Bonchev–Trinajstić information content (AvgIpc) is 3.12. The van der Waals surface area contributed by atoms with Crippen LogP contribution >= 0.6 is 0 Å². The second-order valence-corrected chi connectivity index (χ2v) is 7.48. The number of alkyl halides is 3. The summed E-state index contributed by atoms with van der Waals surface area (Å²) in [5.41, 5.74) is 1.56. The minimum Gasteiger partial charge on any atom is -0.348 e. The lowest BCUT2D eigenvalue weighted by molar-refractivity contribution is -0.142. The van der Waals surface area contributed by atoms with Crippen LogP contribution in [0.3, 0.4) is 0 Å². The molecule has 5 nitrogen and oxygen atoms in total. The molecule has 0 saturated carbocycles. The van der Waals surface area contributed by atoms with Crippen molar-refractivity contribution in [2.24, 2.45) is 0 Å². The maximum atomic E-state index is 13.4. The first-order valence-corrected chi connectivity index (χ1v) is 9.94. The van der Waals surface area contributed by atoms with Gasteiger partial charge in [0.05, 0.1) is 12.2 Å². The largest absolute Gasteiger partial charge is 0.435 e. The molecule has 1 aliphatic carbocycles. The molecule has 0 atom stereocenters. The number of nitrogens with one attached hydrogen (secondary N) is 1. The van der Waals surface area contributed by atoms with E-state index in [0.717, 1.165) is 12.0 Å². The summed E-state index contributed by atoms with van der Waals surface area (Å²) < 4.78 is 54.5. The Morgan fingerprint density at radius 2 is 1.84 bits per heavy atom. The molecule has 2 heterocycles. The van der Waals surface area contributed by atoms with Gasteiger partial charge in [-0.1, -0.05) is 12.1 Å². The number of hydrogen-bond acceptors (Lipinski definition) is 3. The molecule has 0 bridgehead atoms. The summed E-state index contributed by atoms with van der Waals surface area (Å²) in [6.45, 7) is 0.274. The van der Waals surface area contributed by atoms with Crippen molar-refractivity contribution >= 4 is 5.91 Å². The maximum absolute atomic E-state index is 13.4. The van der Waals surface area contributed by atoms with Gasteiger partial charge in [-0.05, 0) is 55.5 Å². The number of fused-ring (bicyclic) bond motifs is 1. The van der Waals surface area contributed by atoms with Crippen LogP contribution in [0.2, 0.25) is 0 Å². The van der Waals surface area contributed by atoms with Crippen LogP contribution in [0.4, 0.5) is 17.6 Å². The number of rotatable bonds is 5. The quantitative estimate of drug-likeness (QED) is 0.612. The fourth-order valence-electron chi connectivity index (χ4n) is 3.78. The van der Waals surface area contributed by atoms with Gasteiger partial charge >= 0.3 is 6.18 Å². The van der Waals surface area contributed by atoms with Crippen LogP contribution in [-0.4, -0.2) is 20.7 Å². The lowest BCUT2D eigenvalue weighted by Gasteiger charge is -2.14. The van der Waals surface area contributed by atoms with E-state index in [9.17, 15) is 22.4 Å². The number of benzene rings is 1. The van der Waals surface area contributed by atoms with Crippen molar-refractivity contribution in [1.82, 2.24) is 20.1 Å². The SMILES string of the molecule is O=C(NCc1ccc(F)cc1)c1ccnc(Cn2nc(C(F)(F)F)c3c2CCCC3)c1. The highest BCUT2D eigenvalue weighted by molar-refractivity contribution is 5.94. The molecule has 1 aliphatic rings. The number of carbonyl (C=O) groups excluding carboxylic acids is 1. The van der Waals surface area contributed by atoms with Gasteiger partial charge in [0.15, 0.2) is 5.69 Å². The molecule has 3 aromatic rings. The normalized spacial score (nSPS) is 13.7. The van der Waals surface area contributed by atoms with E-state index < -0.39 is 11.9 Å². The zero-order valence-corrected chi connectivity index (χ0v) is 16.5. The number of aromatic nitrogens is 3. The van der Waals surface area contributed by atoms with Crippen molar-refractivity contribution in [1.29, 1.82) is 0 Å². The summed E-state index contributed by atoms with van der Waals surface area (Å²) in [4.78, 5) is 16.7. The third kappa shape index (κ3) is 4.76. The van der Waals surface area contributed by atoms with Gasteiger partial charge in [0, 0.05) is 29.6 Å². The standard InChI is InChI=1S/C22H20F4N4O/c23-16-7-5-14(6-8-16)12-28-21(31)15-9-10-27-17(11-15)13-30-19-4-2-1-3-18(19)20(29-30)22(24,25)26/h5-11H,1-4,12-13H2,(H,28,31). The van der Waals surface area contributed by atoms with Crippen LogP contribution in [0.25, 0.3) is 0 Å². The van der Waals surface area contributed by atoms with E-state index in [1.165, 1.54) is 29.1 Å². The van der Waals surface area contributed by atoms with Gasteiger partial charge in [-0.15, -0.1) is 0 Å². The highest BCUT2D eigenvalue weighted by Gasteiger charge is 2.39. The minimum absolute atomic E-state index is 0.0531. The van der Waals surface area contributed by atoms with Crippen LogP contribution in [-0.2, 0) is 32.1 Å². The third-order valence-electron chi connectivity index (χ3n) is 5.28. The number of hydrogen-bond donors (Lipinski definition) is 1. The summed E-state index contributed by atoms with van der Waals surface area (Å²) in [5.74, 6) is -0.713. The summed E-state index contributed by atoms with van der Waals surface area (Å²) >= 11 is 0. The molecule has 0 radical (unpaired) electrons. The lowest BCUT2D eigenvalue weighted by Crippen LogP contribution is -2.23. The van der Waals surface area contributed by atoms with E-state index in [0.29, 0.717) is 36.2 Å². The molecule has 0 fully saturated rings. The Morgan fingerprint density at radius 3 is 2.58 bits per heavy atom. The Bertz CT molecular complexity index is 1090. The van der Waals surface area contributed by atoms with Crippen molar-refractivity contribution in [3.63, 3.8) is 0 Å². The second-order valence-electron chi connectivity index (χ2n) is 7.48. The van der Waals surface area contributed by atoms with Gasteiger partial charge in [-0.3, -0.25) is 14.5 Å². The molecule has 0 spiro atoms. The first-order valence-electron chi connectivity index (χ1n) is 9.94. The molecule has 1 aromatic carbocycles. The number of nitrogens with zero attached hydrogens (tertiary/aromatic N) is 3. The van der Waals surface area contributed by atoms with E-state index in [-0.39, 0.29) is 30.4 Å². The maximum Gasteiger partial charge on any atom is 0.435 e. The van der Waals surface area contributed by atoms with Crippen LogP contribution < -0.4 is 5.32 Å². The summed E-state index contributed by atoms with van der Waals surface area (Å²) in [6, 6.07) is 8.85. The molecule has 1 N–H and O–H groups in total. The molecular formula is C22H20F4N4O. The van der Waals surface area contributed by atoms with Gasteiger partial charge < -0.3 is 5.32 Å². The van der Waals surface area contributed by atoms with E-state index in [2.05, 4.69) is 15.4 Å². The van der Waals surface area contributed by atoms with Crippen molar-refractivity contribution in [3.8, 4) is 0 Å². The Morgan fingerprint density at radius 1 is 1.10 bits per heavy atom. The molecule has 1 amide bonds. The molecule has 0 aliphatic heterocycles. The van der Waals surface area contributed by atoms with Gasteiger partial charge in [-0.2, -0.15) is 18.3 Å². The first kappa shape index (κ1) is 21.0. The highest BCUT2D eigenvalue weighted by atomic mass is 19.4. The number of amides is 1. The minimum atomic E-state index is -4.50. The predicted octanol–water partition coefficient (Wildman–Crippen LogP) is 4.29. The zero-order chi connectivity index (χ0) is 22.0. The summed E-state index contributed by atoms with van der Waals surface area (Å²) in [7, 11) is 0. The molecule has 2 aromatic heterocycles. The predicted molar refractivity (Wildman–Crippen MR) is 105 cm³/mol. The van der Waals surface area contributed by atoms with E-state index in [1.54, 1.807) is 18.2 Å². The zero-order valence-electron chi connectivity index (χ0n) is 16.5. The van der Waals surface area contributed by atoms with Crippen LogP contribution in [0.1, 0.15) is 51.4 Å². The first-order chi connectivity index (χ1) is 14.8. The molecule has 31 heavy (non-hydrogen) atoms. The molecule has 9 heteroatoms. The van der Waals surface area contributed by atoms with Crippen LogP contribution in [0, 0.1) is 5.82 Å². The third-order valence-corrected chi connectivity index (χ3v) is 5.28. The van der Waals surface area contributed by atoms with E-state index in [1.807, 2.05) is 0 Å². The lowest BCUT2D eigenvalue weighted by atomic mass is 9.95. The topological polar surface area (TPSA) is 59.8 Å². The fraction of sp³-hybridized carbons (Fsp3) is 0.318.